The average molecular weight is 332 g/mol. The highest BCUT2D eigenvalue weighted by Crippen LogP contribution is 2.20. The number of amides is 1. The Balaban J connectivity index is 1.91. The number of pyridine rings is 1. The maximum atomic E-state index is 13.2. The van der Waals surface area contributed by atoms with Crippen molar-refractivity contribution in [3.8, 4) is 0 Å². The molecule has 118 valence electrons. The first-order chi connectivity index (χ1) is 11.0. The number of halogens is 2. The molecular weight excluding hydrogens is 317 g/mol. The van der Waals surface area contributed by atoms with E-state index in [-0.39, 0.29) is 10.9 Å². The molecule has 0 unspecified atom stereocenters. The number of anilines is 1. The van der Waals surface area contributed by atoms with Gasteiger partial charge in [-0.1, -0.05) is 18.5 Å². The van der Waals surface area contributed by atoms with Gasteiger partial charge in [0, 0.05) is 17.6 Å². The molecule has 0 aliphatic carbocycles. The van der Waals surface area contributed by atoms with Gasteiger partial charge < -0.3 is 9.72 Å². The number of hydrogen-bond acceptors (Lipinski definition) is 2. The minimum Gasteiger partial charge on any atom is -0.322 e. The highest BCUT2D eigenvalue weighted by molar-refractivity contribution is 6.31. The summed E-state index contributed by atoms with van der Waals surface area (Å²) in [5.74, 6) is -0.812. The molecule has 0 aliphatic rings. The Bertz CT molecular complexity index is 904. The van der Waals surface area contributed by atoms with Crippen molar-refractivity contribution in [1.82, 2.24) is 9.38 Å². The predicted molar refractivity (Wildman–Crippen MR) is 88.7 cm³/mol. The van der Waals surface area contributed by atoms with Gasteiger partial charge in [-0.05, 0) is 43.7 Å². The molecule has 2 heterocycles. The van der Waals surface area contributed by atoms with Crippen LogP contribution in [0.4, 0.5) is 10.1 Å². The van der Waals surface area contributed by atoms with Crippen molar-refractivity contribution in [2.45, 2.75) is 20.3 Å². The number of carbonyl (C=O) groups excluding carboxylic acids is 1. The van der Waals surface area contributed by atoms with E-state index in [1.54, 1.807) is 18.3 Å². The first-order valence-electron chi connectivity index (χ1n) is 7.23. The summed E-state index contributed by atoms with van der Waals surface area (Å²) in [5, 5.41) is 2.68. The summed E-state index contributed by atoms with van der Waals surface area (Å²) in [6, 6.07) is 7.58. The molecule has 0 saturated carbocycles. The van der Waals surface area contributed by atoms with Crippen LogP contribution in [-0.4, -0.2) is 15.3 Å². The van der Waals surface area contributed by atoms with E-state index in [0.717, 1.165) is 23.5 Å². The molecule has 0 fully saturated rings. The number of nitrogens with zero attached hydrogens (tertiary/aromatic N) is 2. The van der Waals surface area contributed by atoms with Gasteiger partial charge in [0.2, 0.25) is 0 Å². The first-order valence-corrected chi connectivity index (χ1v) is 7.61. The van der Waals surface area contributed by atoms with E-state index in [9.17, 15) is 9.18 Å². The molecule has 23 heavy (non-hydrogen) atoms. The number of imidazole rings is 1. The smallest absolute Gasteiger partial charge is 0.257 e. The maximum absolute atomic E-state index is 13.2. The van der Waals surface area contributed by atoms with E-state index in [1.165, 1.54) is 18.2 Å². The number of hydrogen-bond donors (Lipinski definition) is 1. The number of rotatable bonds is 3. The van der Waals surface area contributed by atoms with Crippen molar-refractivity contribution in [3.63, 3.8) is 0 Å². The Morgan fingerprint density at radius 2 is 2.13 bits per heavy atom. The Morgan fingerprint density at radius 1 is 1.35 bits per heavy atom. The summed E-state index contributed by atoms with van der Waals surface area (Å²) in [6.45, 7) is 4.01. The quantitative estimate of drug-likeness (QED) is 0.780. The van der Waals surface area contributed by atoms with Gasteiger partial charge in [0.05, 0.1) is 16.3 Å². The summed E-state index contributed by atoms with van der Waals surface area (Å²) in [5.41, 5.74) is 3.76. The predicted octanol–water partition coefficient (Wildman–Crippen LogP) is 4.25. The van der Waals surface area contributed by atoms with Gasteiger partial charge in [0.1, 0.15) is 11.5 Å². The molecule has 3 rings (SSSR count). The van der Waals surface area contributed by atoms with E-state index in [1.807, 2.05) is 18.2 Å². The Morgan fingerprint density at radius 3 is 2.83 bits per heavy atom. The van der Waals surface area contributed by atoms with Gasteiger partial charge in [-0.15, -0.1) is 0 Å². The minimum atomic E-state index is -0.521. The highest BCUT2D eigenvalue weighted by atomic mass is 35.5. The van der Waals surface area contributed by atoms with Crippen molar-refractivity contribution in [2.75, 3.05) is 5.32 Å². The van der Waals surface area contributed by atoms with Crippen molar-refractivity contribution in [1.29, 1.82) is 0 Å². The van der Waals surface area contributed by atoms with E-state index in [2.05, 4.69) is 10.3 Å². The van der Waals surface area contributed by atoms with Crippen molar-refractivity contribution < 1.29 is 9.18 Å². The lowest BCUT2D eigenvalue weighted by Gasteiger charge is -2.07. The van der Waals surface area contributed by atoms with Crippen LogP contribution >= 0.6 is 11.6 Å². The lowest BCUT2D eigenvalue weighted by Crippen LogP contribution is -2.12. The number of benzene rings is 1. The van der Waals surface area contributed by atoms with E-state index in [0.29, 0.717) is 11.3 Å². The topological polar surface area (TPSA) is 46.4 Å². The molecule has 1 aromatic carbocycles. The molecule has 0 radical (unpaired) electrons. The molecular formula is C17H15ClFN3O. The van der Waals surface area contributed by atoms with E-state index >= 15 is 0 Å². The normalized spacial score (nSPS) is 11.0. The summed E-state index contributed by atoms with van der Waals surface area (Å²) < 4.78 is 15.1. The number of fused-ring (bicyclic) bond motifs is 1. The standard InChI is InChI=1S/C17H15ClFN3O/c1-3-15-10(2)22-9-11(4-7-16(22)21-15)17(23)20-12-5-6-14(19)13(18)8-12/h4-9H,3H2,1-2H3,(H,20,23). The number of carbonyl (C=O) groups is 1. The number of aryl methyl sites for hydroxylation is 2. The van der Waals surface area contributed by atoms with Crippen LogP contribution in [0.25, 0.3) is 5.65 Å². The third-order valence-electron chi connectivity index (χ3n) is 3.73. The van der Waals surface area contributed by atoms with Gasteiger partial charge in [0.25, 0.3) is 5.91 Å². The van der Waals surface area contributed by atoms with Gasteiger partial charge in [0.15, 0.2) is 0 Å². The second-order valence-electron chi connectivity index (χ2n) is 5.23. The largest absolute Gasteiger partial charge is 0.322 e. The minimum absolute atomic E-state index is 0.0312. The third-order valence-corrected chi connectivity index (χ3v) is 4.02. The van der Waals surface area contributed by atoms with Gasteiger partial charge in [-0.3, -0.25) is 4.79 Å². The van der Waals surface area contributed by atoms with E-state index < -0.39 is 5.82 Å². The van der Waals surface area contributed by atoms with Crippen LogP contribution in [0.3, 0.4) is 0 Å². The van der Waals surface area contributed by atoms with E-state index in [4.69, 9.17) is 11.6 Å². The van der Waals surface area contributed by atoms with Crippen molar-refractivity contribution in [2.24, 2.45) is 0 Å². The van der Waals surface area contributed by atoms with Crippen molar-refractivity contribution >= 4 is 28.8 Å². The Hall–Kier alpha value is -2.40. The third kappa shape index (κ3) is 2.92. The molecule has 6 heteroatoms. The SMILES string of the molecule is CCc1nc2ccc(C(=O)Nc3ccc(F)c(Cl)c3)cn2c1C. The lowest BCUT2D eigenvalue weighted by atomic mass is 10.2. The number of nitrogens with one attached hydrogen (secondary N) is 1. The second-order valence-corrected chi connectivity index (χ2v) is 5.63. The maximum Gasteiger partial charge on any atom is 0.257 e. The van der Waals surface area contributed by atoms with Crippen LogP contribution < -0.4 is 5.32 Å². The van der Waals surface area contributed by atoms with Crippen LogP contribution in [0.5, 0.6) is 0 Å². The molecule has 0 bridgehead atoms. The molecule has 2 aromatic heterocycles. The zero-order valence-electron chi connectivity index (χ0n) is 12.7. The fourth-order valence-corrected chi connectivity index (χ4v) is 2.64. The first kappa shape index (κ1) is 15.5. The monoisotopic (exact) mass is 331 g/mol. The molecule has 4 nitrogen and oxygen atoms in total. The second kappa shape index (κ2) is 6.01. The molecule has 0 saturated heterocycles. The average Bonchev–Trinajstić information content (AvgIpc) is 2.86. The van der Waals surface area contributed by atoms with Crippen molar-refractivity contribution in [3.05, 3.63) is 64.3 Å². The van der Waals surface area contributed by atoms with Crippen LogP contribution in [0.15, 0.2) is 36.5 Å². The van der Waals surface area contributed by atoms with Gasteiger partial charge in [-0.25, -0.2) is 9.37 Å². The van der Waals surface area contributed by atoms with Gasteiger partial charge >= 0.3 is 0 Å². The highest BCUT2D eigenvalue weighted by Gasteiger charge is 2.12. The Labute approximate surface area is 137 Å². The fraction of sp³-hybridized carbons (Fsp3) is 0.176. The molecule has 1 N–H and O–H groups in total. The molecule has 1 amide bonds. The van der Waals surface area contributed by atoms with Crippen LogP contribution in [0.2, 0.25) is 5.02 Å². The zero-order valence-corrected chi connectivity index (χ0v) is 13.5. The Kier molecular flexibility index (Phi) is 4.05. The summed E-state index contributed by atoms with van der Waals surface area (Å²) in [7, 11) is 0. The van der Waals surface area contributed by atoms with Gasteiger partial charge in [-0.2, -0.15) is 0 Å². The number of aromatic nitrogens is 2. The van der Waals surface area contributed by atoms with Crippen LogP contribution in [0.1, 0.15) is 28.7 Å². The van der Waals surface area contributed by atoms with Crippen LogP contribution in [-0.2, 0) is 6.42 Å². The molecule has 3 aromatic rings. The summed E-state index contributed by atoms with van der Waals surface area (Å²) >= 11 is 5.72. The van der Waals surface area contributed by atoms with Crippen LogP contribution in [0, 0.1) is 12.7 Å². The zero-order chi connectivity index (χ0) is 16.6. The summed E-state index contributed by atoms with van der Waals surface area (Å²) in [4.78, 5) is 16.9. The fourth-order valence-electron chi connectivity index (χ4n) is 2.46. The lowest BCUT2D eigenvalue weighted by molar-refractivity contribution is 0.102. The molecule has 0 atom stereocenters. The molecule has 0 spiro atoms. The summed E-state index contributed by atoms with van der Waals surface area (Å²) in [6.07, 6.45) is 2.58. The molecule has 0 aliphatic heterocycles.